The zero-order valence-corrected chi connectivity index (χ0v) is 19.5. The quantitative estimate of drug-likeness (QED) is 0.473. The fourth-order valence-electron chi connectivity index (χ4n) is 3.37. The fraction of sp³-hybridized carbons (Fsp3) is 0.308. The lowest BCUT2D eigenvalue weighted by Gasteiger charge is -2.30. The summed E-state index contributed by atoms with van der Waals surface area (Å²) in [6.45, 7) is 9.07. The van der Waals surface area contributed by atoms with Gasteiger partial charge in [-0.3, -0.25) is 9.59 Å². The number of thiophene rings is 1. The van der Waals surface area contributed by atoms with E-state index < -0.39 is 0 Å². The van der Waals surface area contributed by atoms with E-state index in [0.29, 0.717) is 18.7 Å². The molecule has 4 nitrogen and oxygen atoms in total. The molecular weight excluding hydrogens is 404 g/mol. The third-order valence-electron chi connectivity index (χ3n) is 5.36. The van der Waals surface area contributed by atoms with Crippen molar-refractivity contribution in [1.82, 2.24) is 9.80 Å². The topological polar surface area (TPSA) is 40.6 Å². The predicted molar refractivity (Wildman–Crippen MR) is 127 cm³/mol. The maximum atomic E-state index is 13.4. The van der Waals surface area contributed by atoms with E-state index in [4.69, 9.17) is 0 Å². The van der Waals surface area contributed by atoms with Gasteiger partial charge < -0.3 is 9.80 Å². The Balaban J connectivity index is 1.81. The molecular formula is C26H30N2O2S. The molecule has 0 radical (unpaired) electrons. The predicted octanol–water partition coefficient (Wildman–Crippen LogP) is 5.44. The molecule has 162 valence electrons. The largest absolute Gasteiger partial charge is 0.332 e. The molecule has 1 heterocycles. The van der Waals surface area contributed by atoms with Crippen molar-refractivity contribution in [2.75, 3.05) is 6.54 Å². The summed E-state index contributed by atoms with van der Waals surface area (Å²) in [5.74, 6) is -0.166. The first-order valence-corrected chi connectivity index (χ1v) is 11.5. The van der Waals surface area contributed by atoms with Crippen molar-refractivity contribution in [1.29, 1.82) is 0 Å². The molecule has 3 rings (SSSR count). The van der Waals surface area contributed by atoms with Crippen LogP contribution in [0.3, 0.4) is 0 Å². The van der Waals surface area contributed by atoms with Gasteiger partial charge >= 0.3 is 0 Å². The minimum atomic E-state index is -0.115. The van der Waals surface area contributed by atoms with Gasteiger partial charge in [-0.05, 0) is 62.4 Å². The Morgan fingerprint density at radius 1 is 0.903 bits per heavy atom. The first kappa shape index (κ1) is 22.8. The van der Waals surface area contributed by atoms with Crippen LogP contribution >= 0.6 is 11.3 Å². The van der Waals surface area contributed by atoms with E-state index in [1.807, 2.05) is 80.3 Å². The van der Waals surface area contributed by atoms with Crippen molar-refractivity contribution in [2.24, 2.45) is 0 Å². The number of amides is 2. The van der Waals surface area contributed by atoms with Crippen LogP contribution in [0.2, 0.25) is 0 Å². The Kier molecular flexibility index (Phi) is 7.64. The van der Waals surface area contributed by atoms with Crippen LogP contribution in [0.1, 0.15) is 45.8 Å². The summed E-state index contributed by atoms with van der Waals surface area (Å²) in [7, 11) is 0. The molecule has 5 heteroatoms. The molecule has 1 aromatic heterocycles. The SMILES string of the molecule is Cc1ccc(C(=O)N(CC(=O)N(Cc2ccccc2)Cc2sccc2C)C(C)C)cc1. The zero-order chi connectivity index (χ0) is 22.4. The van der Waals surface area contributed by atoms with Gasteiger partial charge in [0.25, 0.3) is 5.91 Å². The highest BCUT2D eigenvalue weighted by Crippen LogP contribution is 2.20. The summed E-state index contributed by atoms with van der Waals surface area (Å²) in [6, 6.07) is 19.5. The average Bonchev–Trinajstić information content (AvgIpc) is 3.16. The monoisotopic (exact) mass is 434 g/mol. The summed E-state index contributed by atoms with van der Waals surface area (Å²) >= 11 is 1.66. The van der Waals surface area contributed by atoms with Crippen LogP contribution < -0.4 is 0 Å². The van der Waals surface area contributed by atoms with E-state index in [9.17, 15) is 9.59 Å². The Bertz CT molecular complexity index is 1010. The summed E-state index contributed by atoms with van der Waals surface area (Å²) in [4.78, 5) is 31.3. The van der Waals surface area contributed by atoms with E-state index >= 15 is 0 Å². The molecule has 0 aliphatic rings. The Morgan fingerprint density at radius 3 is 2.16 bits per heavy atom. The van der Waals surface area contributed by atoms with Gasteiger partial charge in [-0.2, -0.15) is 0 Å². The van der Waals surface area contributed by atoms with E-state index in [-0.39, 0.29) is 24.4 Å². The van der Waals surface area contributed by atoms with Crippen LogP contribution in [-0.4, -0.2) is 34.2 Å². The van der Waals surface area contributed by atoms with Gasteiger partial charge in [0.15, 0.2) is 0 Å². The highest BCUT2D eigenvalue weighted by molar-refractivity contribution is 7.10. The molecule has 0 N–H and O–H groups in total. The number of carbonyl (C=O) groups excluding carboxylic acids is 2. The maximum absolute atomic E-state index is 13.4. The van der Waals surface area contributed by atoms with Crippen molar-refractivity contribution in [2.45, 2.75) is 46.8 Å². The second-order valence-electron chi connectivity index (χ2n) is 8.16. The highest BCUT2D eigenvalue weighted by atomic mass is 32.1. The van der Waals surface area contributed by atoms with Gasteiger partial charge in [0.2, 0.25) is 5.91 Å². The third-order valence-corrected chi connectivity index (χ3v) is 6.37. The lowest BCUT2D eigenvalue weighted by molar-refractivity contribution is -0.133. The number of carbonyl (C=O) groups is 2. The molecule has 0 spiro atoms. The molecule has 0 bridgehead atoms. The molecule has 0 aliphatic carbocycles. The molecule has 0 atom stereocenters. The van der Waals surface area contributed by atoms with Crippen LogP contribution in [0.5, 0.6) is 0 Å². The van der Waals surface area contributed by atoms with E-state index in [0.717, 1.165) is 11.1 Å². The van der Waals surface area contributed by atoms with Crippen LogP contribution in [0, 0.1) is 13.8 Å². The maximum Gasteiger partial charge on any atom is 0.254 e. The summed E-state index contributed by atoms with van der Waals surface area (Å²) in [5, 5.41) is 2.05. The molecule has 31 heavy (non-hydrogen) atoms. The van der Waals surface area contributed by atoms with Crippen LogP contribution in [0.4, 0.5) is 0 Å². The lowest BCUT2D eigenvalue weighted by atomic mass is 10.1. The van der Waals surface area contributed by atoms with Crippen LogP contribution in [0.15, 0.2) is 66.0 Å². The number of nitrogens with zero attached hydrogens (tertiary/aromatic N) is 2. The van der Waals surface area contributed by atoms with Crippen molar-refractivity contribution in [3.8, 4) is 0 Å². The molecule has 0 aliphatic heterocycles. The number of benzene rings is 2. The normalized spacial score (nSPS) is 10.9. The van der Waals surface area contributed by atoms with Gasteiger partial charge in [-0.25, -0.2) is 0 Å². The molecule has 0 unspecified atom stereocenters. The number of aryl methyl sites for hydroxylation is 2. The van der Waals surface area contributed by atoms with Crippen LogP contribution in [-0.2, 0) is 17.9 Å². The standard InChI is InChI=1S/C26H30N2O2S/c1-19(2)28(26(30)23-12-10-20(3)11-13-23)18-25(29)27(16-22-8-6-5-7-9-22)17-24-21(4)14-15-31-24/h5-15,19H,16-18H2,1-4H3. The van der Waals surface area contributed by atoms with Crippen molar-refractivity contribution in [3.63, 3.8) is 0 Å². The van der Waals surface area contributed by atoms with Gasteiger partial charge in [0, 0.05) is 23.0 Å². The van der Waals surface area contributed by atoms with Gasteiger partial charge in [0.05, 0.1) is 6.54 Å². The molecule has 3 aromatic rings. The minimum Gasteiger partial charge on any atom is -0.332 e. The highest BCUT2D eigenvalue weighted by Gasteiger charge is 2.25. The second kappa shape index (κ2) is 10.4. The number of rotatable bonds is 8. The molecule has 0 saturated heterocycles. The minimum absolute atomic E-state index is 0.0502. The Morgan fingerprint density at radius 2 is 1.58 bits per heavy atom. The summed E-state index contributed by atoms with van der Waals surface area (Å²) in [5.41, 5.74) is 3.97. The molecule has 2 aromatic carbocycles. The van der Waals surface area contributed by atoms with Gasteiger partial charge in [0.1, 0.15) is 6.54 Å². The van der Waals surface area contributed by atoms with Crippen molar-refractivity contribution in [3.05, 3.63) is 93.2 Å². The first-order valence-electron chi connectivity index (χ1n) is 10.6. The van der Waals surface area contributed by atoms with Crippen molar-refractivity contribution < 1.29 is 9.59 Å². The smallest absolute Gasteiger partial charge is 0.254 e. The zero-order valence-electron chi connectivity index (χ0n) is 18.7. The average molecular weight is 435 g/mol. The summed E-state index contributed by atoms with van der Waals surface area (Å²) in [6.07, 6.45) is 0. The van der Waals surface area contributed by atoms with Crippen molar-refractivity contribution >= 4 is 23.2 Å². The van der Waals surface area contributed by atoms with E-state index in [1.165, 1.54) is 10.4 Å². The lowest BCUT2D eigenvalue weighted by Crippen LogP contribution is -2.45. The number of hydrogen-bond donors (Lipinski definition) is 0. The fourth-order valence-corrected chi connectivity index (χ4v) is 4.29. The van der Waals surface area contributed by atoms with Gasteiger partial charge in [-0.15, -0.1) is 11.3 Å². The van der Waals surface area contributed by atoms with Gasteiger partial charge in [-0.1, -0.05) is 48.0 Å². The third kappa shape index (κ3) is 6.05. The molecule has 2 amide bonds. The molecule has 0 saturated carbocycles. The first-order chi connectivity index (χ1) is 14.8. The number of hydrogen-bond acceptors (Lipinski definition) is 3. The van der Waals surface area contributed by atoms with E-state index in [2.05, 4.69) is 18.4 Å². The Hall–Kier alpha value is -2.92. The van der Waals surface area contributed by atoms with E-state index in [1.54, 1.807) is 16.2 Å². The molecule has 0 fully saturated rings. The second-order valence-corrected chi connectivity index (χ2v) is 9.16. The summed E-state index contributed by atoms with van der Waals surface area (Å²) < 4.78 is 0. The van der Waals surface area contributed by atoms with Crippen LogP contribution in [0.25, 0.3) is 0 Å². The Labute approximate surface area is 189 Å².